The van der Waals surface area contributed by atoms with Crippen LogP contribution in [0.3, 0.4) is 0 Å². The Kier molecular flexibility index (Phi) is 6.07. The van der Waals surface area contributed by atoms with Crippen molar-refractivity contribution in [1.82, 2.24) is 0 Å². The minimum atomic E-state index is -0.548. The Morgan fingerprint density at radius 1 is 0.786 bits per heavy atom. The second kappa shape index (κ2) is 8.86. The van der Waals surface area contributed by atoms with Crippen LogP contribution in [-0.4, -0.2) is 32.6 Å². The molecule has 0 aliphatic rings. The van der Waals surface area contributed by atoms with E-state index in [1.54, 1.807) is 30.3 Å². The molecule has 0 N–H and O–H groups in total. The van der Waals surface area contributed by atoms with E-state index in [1.165, 1.54) is 14.2 Å². The molecule has 0 bridgehead atoms. The van der Waals surface area contributed by atoms with Gasteiger partial charge in [-0.1, -0.05) is 48.5 Å². The van der Waals surface area contributed by atoms with Gasteiger partial charge >= 0.3 is 5.97 Å². The van der Waals surface area contributed by atoms with E-state index in [0.29, 0.717) is 22.6 Å². The molecule has 0 aliphatic carbocycles. The van der Waals surface area contributed by atoms with Crippen LogP contribution in [0.5, 0.6) is 11.5 Å². The fourth-order valence-corrected chi connectivity index (χ4v) is 2.83. The van der Waals surface area contributed by atoms with Gasteiger partial charge < -0.3 is 14.2 Å². The van der Waals surface area contributed by atoms with E-state index in [0.717, 1.165) is 11.1 Å². The maximum absolute atomic E-state index is 12.6. The topological polar surface area (TPSA) is 61.8 Å². The minimum Gasteiger partial charge on any atom is -0.493 e. The molecule has 0 radical (unpaired) electrons. The first-order chi connectivity index (χ1) is 13.6. The van der Waals surface area contributed by atoms with E-state index in [4.69, 9.17) is 14.2 Å². The van der Waals surface area contributed by atoms with Crippen molar-refractivity contribution in [3.63, 3.8) is 0 Å². The number of carbonyl (C=O) groups excluding carboxylic acids is 2. The van der Waals surface area contributed by atoms with E-state index in [2.05, 4.69) is 0 Å². The molecule has 0 aromatic heterocycles. The van der Waals surface area contributed by atoms with Crippen molar-refractivity contribution in [1.29, 1.82) is 0 Å². The van der Waals surface area contributed by atoms with Crippen LogP contribution >= 0.6 is 0 Å². The molecule has 0 heterocycles. The van der Waals surface area contributed by atoms with Crippen LogP contribution in [0.1, 0.15) is 20.7 Å². The number of benzene rings is 3. The van der Waals surface area contributed by atoms with Gasteiger partial charge in [0.2, 0.25) is 0 Å². The summed E-state index contributed by atoms with van der Waals surface area (Å²) in [5.41, 5.74) is 2.45. The van der Waals surface area contributed by atoms with Crippen molar-refractivity contribution < 1.29 is 23.8 Å². The summed E-state index contributed by atoms with van der Waals surface area (Å²) in [4.78, 5) is 25.0. The predicted molar refractivity (Wildman–Crippen MR) is 106 cm³/mol. The Morgan fingerprint density at radius 3 is 2.18 bits per heavy atom. The summed E-state index contributed by atoms with van der Waals surface area (Å²) in [6.45, 7) is -0.364. The number of Topliss-reactive ketones (excluding diaryl/α,β-unsaturated/α-hetero) is 1. The van der Waals surface area contributed by atoms with E-state index < -0.39 is 5.97 Å². The summed E-state index contributed by atoms with van der Waals surface area (Å²) < 4.78 is 15.6. The molecular weight excluding hydrogens is 356 g/mol. The predicted octanol–water partition coefficient (Wildman–Crippen LogP) is 4.41. The highest BCUT2D eigenvalue weighted by Crippen LogP contribution is 2.28. The van der Waals surface area contributed by atoms with E-state index in [1.807, 2.05) is 42.5 Å². The summed E-state index contributed by atoms with van der Waals surface area (Å²) in [6, 6.07) is 21.5. The molecule has 0 amide bonds. The van der Waals surface area contributed by atoms with Crippen molar-refractivity contribution in [2.75, 3.05) is 20.8 Å². The number of esters is 1. The van der Waals surface area contributed by atoms with Crippen LogP contribution in [0.15, 0.2) is 72.8 Å². The zero-order valence-corrected chi connectivity index (χ0v) is 15.7. The highest BCUT2D eigenvalue weighted by molar-refractivity contribution is 6.01. The lowest BCUT2D eigenvalue weighted by Crippen LogP contribution is -2.15. The van der Waals surface area contributed by atoms with Crippen molar-refractivity contribution in [2.24, 2.45) is 0 Å². The maximum atomic E-state index is 12.6. The number of methoxy groups -OCH3 is 2. The normalized spacial score (nSPS) is 10.2. The first-order valence-electron chi connectivity index (χ1n) is 8.71. The van der Waals surface area contributed by atoms with Gasteiger partial charge in [0, 0.05) is 5.56 Å². The van der Waals surface area contributed by atoms with Crippen LogP contribution in [-0.2, 0) is 4.74 Å². The van der Waals surface area contributed by atoms with Gasteiger partial charge in [-0.15, -0.1) is 0 Å². The maximum Gasteiger partial charge on any atom is 0.339 e. The molecule has 0 fully saturated rings. The average molecular weight is 376 g/mol. The first-order valence-corrected chi connectivity index (χ1v) is 8.71. The van der Waals surface area contributed by atoms with Crippen molar-refractivity contribution >= 4 is 11.8 Å². The van der Waals surface area contributed by atoms with E-state index in [9.17, 15) is 9.59 Å². The Hall–Kier alpha value is -3.60. The molecular formula is C23H20O5. The molecule has 5 heteroatoms. The lowest BCUT2D eigenvalue weighted by atomic mass is 10.00. The largest absolute Gasteiger partial charge is 0.493 e. The summed E-state index contributed by atoms with van der Waals surface area (Å²) in [7, 11) is 3.01. The highest BCUT2D eigenvalue weighted by Gasteiger charge is 2.17. The van der Waals surface area contributed by atoms with Gasteiger partial charge in [-0.25, -0.2) is 4.79 Å². The number of ketones is 1. The van der Waals surface area contributed by atoms with Gasteiger partial charge in [-0.3, -0.25) is 4.79 Å². The van der Waals surface area contributed by atoms with Crippen molar-refractivity contribution in [2.45, 2.75) is 0 Å². The highest BCUT2D eigenvalue weighted by atomic mass is 16.5. The molecule has 0 saturated carbocycles. The third kappa shape index (κ3) is 4.20. The number of hydrogen-bond donors (Lipinski definition) is 0. The zero-order valence-electron chi connectivity index (χ0n) is 15.7. The van der Waals surface area contributed by atoms with Gasteiger partial charge in [0.1, 0.15) is 0 Å². The lowest BCUT2D eigenvalue weighted by Gasteiger charge is -2.11. The number of rotatable bonds is 7. The molecule has 28 heavy (non-hydrogen) atoms. The van der Waals surface area contributed by atoms with E-state index >= 15 is 0 Å². The molecule has 142 valence electrons. The Labute approximate surface area is 163 Å². The molecule has 0 atom stereocenters. The smallest absolute Gasteiger partial charge is 0.339 e. The molecule has 3 aromatic carbocycles. The SMILES string of the molecule is COc1ccc(C(=O)COC(=O)c2ccccc2-c2ccccc2)cc1OC. The third-order valence-corrected chi connectivity index (χ3v) is 4.27. The van der Waals surface area contributed by atoms with Crippen LogP contribution in [0.2, 0.25) is 0 Å². The number of hydrogen-bond acceptors (Lipinski definition) is 5. The number of ether oxygens (including phenoxy) is 3. The molecule has 3 aromatic rings. The van der Waals surface area contributed by atoms with Crippen molar-refractivity contribution in [3.05, 3.63) is 83.9 Å². The van der Waals surface area contributed by atoms with Crippen LogP contribution in [0, 0.1) is 0 Å². The molecule has 0 unspecified atom stereocenters. The summed E-state index contributed by atoms with van der Waals surface area (Å²) in [5.74, 6) is 0.0849. The van der Waals surface area contributed by atoms with Crippen molar-refractivity contribution in [3.8, 4) is 22.6 Å². The fraction of sp³-hybridized carbons (Fsp3) is 0.130. The quantitative estimate of drug-likeness (QED) is 0.451. The third-order valence-electron chi connectivity index (χ3n) is 4.27. The summed E-state index contributed by atoms with van der Waals surface area (Å²) in [5, 5.41) is 0. The zero-order chi connectivity index (χ0) is 19.9. The Bertz CT molecular complexity index is 979. The summed E-state index contributed by atoms with van der Waals surface area (Å²) >= 11 is 0. The van der Waals surface area contributed by atoms with E-state index in [-0.39, 0.29) is 12.4 Å². The van der Waals surface area contributed by atoms with Crippen LogP contribution in [0.25, 0.3) is 11.1 Å². The molecule has 0 aliphatic heterocycles. The first kappa shape index (κ1) is 19.2. The molecule has 0 saturated heterocycles. The van der Waals surface area contributed by atoms with Gasteiger partial charge in [0.15, 0.2) is 23.9 Å². The second-order valence-electron chi connectivity index (χ2n) is 5.98. The molecule has 0 spiro atoms. The number of carbonyl (C=O) groups is 2. The Morgan fingerprint density at radius 2 is 1.46 bits per heavy atom. The van der Waals surface area contributed by atoms with Crippen LogP contribution in [0.4, 0.5) is 0 Å². The average Bonchev–Trinajstić information content (AvgIpc) is 2.77. The van der Waals surface area contributed by atoms with Crippen LogP contribution < -0.4 is 9.47 Å². The Balaban J connectivity index is 1.74. The van der Waals surface area contributed by atoms with Gasteiger partial charge in [0.05, 0.1) is 19.8 Å². The minimum absolute atomic E-state index is 0.327. The second-order valence-corrected chi connectivity index (χ2v) is 5.98. The molecule has 3 rings (SSSR count). The fourth-order valence-electron chi connectivity index (χ4n) is 2.83. The standard InChI is InChI=1S/C23H20O5/c1-26-21-13-12-17(14-22(21)27-2)20(24)15-28-23(25)19-11-7-6-10-18(19)16-8-4-3-5-9-16/h3-14H,15H2,1-2H3. The van der Waals surface area contributed by atoms with Gasteiger partial charge in [-0.05, 0) is 35.4 Å². The summed E-state index contributed by atoms with van der Waals surface area (Å²) in [6.07, 6.45) is 0. The monoisotopic (exact) mass is 376 g/mol. The molecule has 5 nitrogen and oxygen atoms in total. The van der Waals surface area contributed by atoms with Gasteiger partial charge in [0.25, 0.3) is 0 Å². The lowest BCUT2D eigenvalue weighted by molar-refractivity contribution is 0.0475. The van der Waals surface area contributed by atoms with Gasteiger partial charge in [-0.2, -0.15) is 0 Å².